The Hall–Kier alpha value is -3.31. The molecule has 3 rings (SSSR count). The molecule has 0 bridgehead atoms. The van der Waals surface area contributed by atoms with E-state index in [0.717, 1.165) is 11.6 Å². The van der Waals surface area contributed by atoms with Crippen LogP contribution in [-0.2, 0) is 19.7 Å². The molecule has 0 saturated carbocycles. The third-order valence-corrected chi connectivity index (χ3v) is 4.78. The van der Waals surface area contributed by atoms with E-state index in [4.69, 9.17) is 4.55 Å². The van der Waals surface area contributed by atoms with Crippen LogP contribution in [0.1, 0.15) is 17.2 Å². The minimum Gasteiger partial charge on any atom is -0.292 e. The molecule has 2 atom stereocenters. The maximum absolute atomic E-state index is 12.2. The fourth-order valence-electron chi connectivity index (χ4n) is 2.62. The third-order valence-electron chi connectivity index (χ3n) is 3.90. The lowest BCUT2D eigenvalue weighted by Crippen LogP contribution is -2.28. The topological polar surface area (TPSA) is 156 Å². The first-order valence-electron chi connectivity index (χ1n) is 7.49. The van der Waals surface area contributed by atoms with Gasteiger partial charge >= 0.3 is 0 Å². The van der Waals surface area contributed by atoms with Gasteiger partial charge < -0.3 is 0 Å². The molecule has 0 amide bonds. The number of hydrogen-bond acceptors (Lipinski definition) is 8. The Morgan fingerprint density at radius 3 is 2.48 bits per heavy atom. The molecule has 2 unspecified atom stereocenters. The standard InChI is InChI=1S/C16H11N3O7S/c20-13-6-5-9-3-1-2-4-11(9)15(13)18-17-12-7-10(19(22)23)8-14(16(12)21)27(24,25)26/h1-8,12,15H,(H,24,25,26). The van der Waals surface area contributed by atoms with E-state index < -0.39 is 49.3 Å². The zero-order valence-corrected chi connectivity index (χ0v) is 14.2. The lowest BCUT2D eigenvalue weighted by atomic mass is 9.92. The first kappa shape index (κ1) is 18.5. The van der Waals surface area contributed by atoms with Crippen molar-refractivity contribution in [1.82, 2.24) is 0 Å². The molecule has 1 aromatic carbocycles. The summed E-state index contributed by atoms with van der Waals surface area (Å²) in [5, 5.41) is 18.4. The SMILES string of the molecule is O=C1C(S(=O)(=O)O)=CC([N+](=O)[O-])=CC1N=NC1C(=O)C=Cc2ccccc21. The summed E-state index contributed by atoms with van der Waals surface area (Å²) in [6, 6.07) is 4.11. The Labute approximate surface area is 152 Å². The van der Waals surface area contributed by atoms with E-state index in [-0.39, 0.29) is 0 Å². The van der Waals surface area contributed by atoms with Gasteiger partial charge in [-0.05, 0) is 17.2 Å². The molecule has 0 aromatic heterocycles. The minimum atomic E-state index is -4.99. The molecule has 27 heavy (non-hydrogen) atoms. The van der Waals surface area contributed by atoms with Gasteiger partial charge in [0, 0.05) is 12.2 Å². The first-order chi connectivity index (χ1) is 12.7. The second-order valence-corrected chi connectivity index (χ2v) is 7.03. The van der Waals surface area contributed by atoms with Crippen molar-refractivity contribution < 1.29 is 27.5 Å². The molecule has 10 nitrogen and oxygen atoms in total. The van der Waals surface area contributed by atoms with Gasteiger partial charge in [-0.3, -0.25) is 24.3 Å². The summed E-state index contributed by atoms with van der Waals surface area (Å²) in [6.45, 7) is 0. The van der Waals surface area contributed by atoms with Crippen molar-refractivity contribution in [2.24, 2.45) is 10.2 Å². The van der Waals surface area contributed by atoms with Crippen molar-refractivity contribution in [2.75, 3.05) is 0 Å². The first-order valence-corrected chi connectivity index (χ1v) is 8.93. The van der Waals surface area contributed by atoms with Crippen LogP contribution in [-0.4, -0.2) is 35.5 Å². The molecular weight excluding hydrogens is 378 g/mol. The smallest absolute Gasteiger partial charge is 0.292 e. The van der Waals surface area contributed by atoms with Gasteiger partial charge in [0.1, 0.15) is 4.91 Å². The number of benzene rings is 1. The van der Waals surface area contributed by atoms with Gasteiger partial charge in [-0.15, -0.1) is 0 Å². The number of nitrogens with zero attached hydrogens (tertiary/aromatic N) is 3. The zero-order chi connectivity index (χ0) is 19.8. The Balaban J connectivity index is 1.98. The summed E-state index contributed by atoms with van der Waals surface area (Å²) in [4.78, 5) is 33.2. The van der Waals surface area contributed by atoms with Crippen molar-refractivity contribution in [2.45, 2.75) is 12.1 Å². The van der Waals surface area contributed by atoms with Crippen molar-refractivity contribution >= 4 is 27.8 Å². The lowest BCUT2D eigenvalue weighted by molar-refractivity contribution is -0.419. The van der Waals surface area contributed by atoms with E-state index in [1.54, 1.807) is 30.3 Å². The second-order valence-electron chi connectivity index (χ2n) is 5.64. The van der Waals surface area contributed by atoms with Crippen molar-refractivity contribution in [3.63, 3.8) is 0 Å². The van der Waals surface area contributed by atoms with Crippen molar-refractivity contribution in [3.05, 3.63) is 74.3 Å². The highest BCUT2D eigenvalue weighted by Gasteiger charge is 2.36. The number of carbonyl (C=O) groups is 2. The Bertz CT molecular complexity index is 1080. The number of allylic oxidation sites excluding steroid dienone is 1. The highest BCUT2D eigenvalue weighted by Crippen LogP contribution is 2.30. The number of ketones is 2. The van der Waals surface area contributed by atoms with Crippen LogP contribution in [0.5, 0.6) is 0 Å². The maximum atomic E-state index is 12.2. The molecule has 0 saturated heterocycles. The molecule has 11 heteroatoms. The van der Waals surface area contributed by atoms with Crippen LogP contribution in [0.3, 0.4) is 0 Å². The lowest BCUT2D eigenvalue weighted by Gasteiger charge is -2.17. The number of nitro groups is 1. The molecule has 0 radical (unpaired) electrons. The molecule has 0 spiro atoms. The van der Waals surface area contributed by atoms with E-state index in [2.05, 4.69) is 10.2 Å². The second kappa shape index (κ2) is 6.78. The van der Waals surface area contributed by atoms with Crippen LogP contribution >= 0.6 is 0 Å². The molecule has 2 aliphatic carbocycles. The summed E-state index contributed by atoms with van der Waals surface area (Å²) < 4.78 is 31.7. The van der Waals surface area contributed by atoms with Gasteiger partial charge in [0.25, 0.3) is 15.8 Å². The molecule has 1 aromatic rings. The number of hydrogen-bond donors (Lipinski definition) is 1. The largest absolute Gasteiger partial charge is 0.298 e. The molecular formula is C16H11N3O7S. The van der Waals surface area contributed by atoms with E-state index in [1.165, 1.54) is 6.08 Å². The average molecular weight is 389 g/mol. The third kappa shape index (κ3) is 3.64. The summed E-state index contributed by atoms with van der Waals surface area (Å²) in [5.41, 5.74) is 0.513. The fraction of sp³-hybridized carbons (Fsp3) is 0.125. The van der Waals surface area contributed by atoms with Gasteiger partial charge in [-0.2, -0.15) is 18.6 Å². The van der Waals surface area contributed by atoms with Crippen LogP contribution in [0, 0.1) is 10.1 Å². The Morgan fingerprint density at radius 1 is 1.11 bits per heavy atom. The molecule has 138 valence electrons. The van der Waals surface area contributed by atoms with Gasteiger partial charge in [-0.1, -0.05) is 30.3 Å². The van der Waals surface area contributed by atoms with Crippen LogP contribution in [0.25, 0.3) is 6.08 Å². The fourth-order valence-corrected chi connectivity index (χ4v) is 3.27. The summed E-state index contributed by atoms with van der Waals surface area (Å²) in [6.07, 6.45) is 4.14. The van der Waals surface area contributed by atoms with Gasteiger partial charge in [0.2, 0.25) is 5.78 Å². The number of rotatable bonds is 4. The predicted octanol–water partition coefficient (Wildman–Crippen LogP) is 1.66. The maximum Gasteiger partial charge on any atom is 0.298 e. The number of azo groups is 1. The normalized spacial score (nSPS) is 22.4. The highest BCUT2D eigenvalue weighted by atomic mass is 32.2. The Kier molecular flexibility index (Phi) is 4.64. The van der Waals surface area contributed by atoms with E-state index in [0.29, 0.717) is 11.6 Å². The van der Waals surface area contributed by atoms with Crippen molar-refractivity contribution in [3.8, 4) is 0 Å². The van der Waals surface area contributed by atoms with Gasteiger partial charge in [0.05, 0.1) is 4.92 Å². The quantitative estimate of drug-likeness (QED) is 0.355. The Morgan fingerprint density at radius 2 is 1.81 bits per heavy atom. The summed E-state index contributed by atoms with van der Waals surface area (Å²) in [7, 11) is -4.99. The molecule has 0 fully saturated rings. The molecule has 0 heterocycles. The van der Waals surface area contributed by atoms with Crippen LogP contribution in [0.2, 0.25) is 0 Å². The highest BCUT2D eigenvalue weighted by molar-refractivity contribution is 7.90. The van der Waals surface area contributed by atoms with Crippen molar-refractivity contribution in [1.29, 1.82) is 0 Å². The average Bonchev–Trinajstić information content (AvgIpc) is 2.60. The molecule has 2 aliphatic rings. The van der Waals surface area contributed by atoms with Gasteiger partial charge in [0.15, 0.2) is 17.9 Å². The summed E-state index contributed by atoms with van der Waals surface area (Å²) >= 11 is 0. The number of fused-ring (bicyclic) bond motifs is 1. The monoisotopic (exact) mass is 389 g/mol. The number of carbonyl (C=O) groups excluding carboxylic acids is 2. The van der Waals surface area contributed by atoms with Crippen LogP contribution in [0.4, 0.5) is 0 Å². The molecule has 1 N–H and O–H groups in total. The van der Waals surface area contributed by atoms with Crippen LogP contribution in [0.15, 0.2) is 63.3 Å². The van der Waals surface area contributed by atoms with E-state index in [1.807, 2.05) is 0 Å². The number of Topliss-reactive ketones (excluding diaryl/α,β-unsaturated/α-hetero) is 1. The zero-order valence-electron chi connectivity index (χ0n) is 13.4. The van der Waals surface area contributed by atoms with Crippen LogP contribution < -0.4 is 0 Å². The summed E-state index contributed by atoms with van der Waals surface area (Å²) in [5.74, 6) is -1.59. The predicted molar refractivity (Wildman–Crippen MR) is 91.6 cm³/mol. The van der Waals surface area contributed by atoms with E-state index in [9.17, 15) is 28.1 Å². The minimum absolute atomic E-state index is 0.412. The molecule has 0 aliphatic heterocycles. The van der Waals surface area contributed by atoms with Gasteiger partial charge in [-0.25, -0.2) is 0 Å². The van der Waals surface area contributed by atoms with E-state index >= 15 is 0 Å².